The Bertz CT molecular complexity index is 640. The number of ether oxygens (including phenoxy) is 2. The number of aliphatic hydroxyl groups is 1. The first-order valence-electron chi connectivity index (χ1n) is 9.14. The molecule has 0 aromatic carbocycles. The smallest absolute Gasteiger partial charge is 0.410 e. The molecule has 0 radical (unpaired) electrons. The molecule has 152 valence electrons. The predicted octanol–water partition coefficient (Wildman–Crippen LogP) is 3.46. The number of nitrogens with zero attached hydrogens (tertiary/aromatic N) is 2. The van der Waals surface area contributed by atoms with Crippen molar-refractivity contribution >= 4 is 12.1 Å². The maximum atomic E-state index is 12.5. The largest absolute Gasteiger partial charge is 0.456 e. The van der Waals surface area contributed by atoms with E-state index in [0.717, 1.165) is 0 Å². The van der Waals surface area contributed by atoms with Crippen molar-refractivity contribution in [2.24, 2.45) is 5.92 Å². The summed E-state index contributed by atoms with van der Waals surface area (Å²) in [5.74, 6) is -0.333. The minimum Gasteiger partial charge on any atom is -0.456 e. The van der Waals surface area contributed by atoms with Crippen molar-refractivity contribution in [1.82, 2.24) is 9.88 Å². The van der Waals surface area contributed by atoms with Gasteiger partial charge < -0.3 is 19.5 Å². The van der Waals surface area contributed by atoms with Gasteiger partial charge in [0, 0.05) is 26.4 Å². The first kappa shape index (κ1) is 22.9. The highest BCUT2D eigenvalue weighted by Crippen LogP contribution is 2.28. The summed E-state index contributed by atoms with van der Waals surface area (Å²) in [6.07, 6.45) is -0.694. The van der Waals surface area contributed by atoms with Gasteiger partial charge in [-0.15, -0.1) is 0 Å². The van der Waals surface area contributed by atoms with Gasteiger partial charge >= 0.3 is 12.1 Å². The maximum Gasteiger partial charge on any atom is 0.410 e. The summed E-state index contributed by atoms with van der Waals surface area (Å²) in [4.78, 5) is 30.0. The zero-order valence-electron chi connectivity index (χ0n) is 17.4. The molecular weight excluding hydrogens is 348 g/mol. The molecule has 0 saturated heterocycles. The highest BCUT2D eigenvalue weighted by Gasteiger charge is 2.31. The van der Waals surface area contributed by atoms with Gasteiger partial charge in [0.15, 0.2) is 0 Å². The molecule has 7 nitrogen and oxygen atoms in total. The molecule has 1 rings (SSSR count). The van der Waals surface area contributed by atoms with Crippen LogP contribution in [0.4, 0.5) is 4.79 Å². The summed E-state index contributed by atoms with van der Waals surface area (Å²) in [5, 5.41) is 9.33. The van der Waals surface area contributed by atoms with Crippen molar-refractivity contribution in [2.45, 2.75) is 72.3 Å². The zero-order valence-corrected chi connectivity index (χ0v) is 17.4. The second kappa shape index (κ2) is 9.69. The number of carbonyl (C=O) groups excluding carboxylic acids is 2. The molecule has 1 aromatic heterocycles. The van der Waals surface area contributed by atoms with Crippen LogP contribution in [0.2, 0.25) is 0 Å². The van der Waals surface area contributed by atoms with Crippen LogP contribution in [0.3, 0.4) is 0 Å². The predicted molar refractivity (Wildman–Crippen MR) is 102 cm³/mol. The molecule has 0 saturated carbocycles. The van der Waals surface area contributed by atoms with Gasteiger partial charge in [-0.1, -0.05) is 19.9 Å². The van der Waals surface area contributed by atoms with Crippen LogP contribution in [0.1, 0.15) is 65.5 Å². The van der Waals surface area contributed by atoms with Gasteiger partial charge in [-0.05, 0) is 38.8 Å². The lowest BCUT2D eigenvalue weighted by atomic mass is 9.95. The minimum absolute atomic E-state index is 0.0987. The van der Waals surface area contributed by atoms with Crippen LogP contribution in [0.5, 0.6) is 0 Å². The van der Waals surface area contributed by atoms with Gasteiger partial charge in [-0.3, -0.25) is 9.78 Å². The van der Waals surface area contributed by atoms with Crippen LogP contribution < -0.4 is 0 Å². The molecule has 1 amide bonds. The average Bonchev–Trinajstić information content (AvgIpc) is 2.55. The molecular formula is C20H32N2O5. The Morgan fingerprint density at radius 2 is 1.89 bits per heavy atom. The highest BCUT2D eigenvalue weighted by atomic mass is 16.6. The standard InChI is InChI=1S/C20H32N2O5/c1-13(2)17(22(7)19(25)27-20(4,5)6)11-18(26-14(3)24)16-10-8-9-15(12-23)21-16/h8-10,13,17-18,23H,11-12H2,1-7H3/t17-,18-/m1/s1. The van der Waals surface area contributed by atoms with Gasteiger partial charge in [0.1, 0.15) is 11.7 Å². The highest BCUT2D eigenvalue weighted by molar-refractivity contribution is 5.68. The lowest BCUT2D eigenvalue weighted by Gasteiger charge is -2.34. The van der Waals surface area contributed by atoms with E-state index in [0.29, 0.717) is 17.8 Å². The number of hydrogen-bond donors (Lipinski definition) is 1. The van der Waals surface area contributed by atoms with Crippen LogP contribution in [0, 0.1) is 5.92 Å². The molecule has 27 heavy (non-hydrogen) atoms. The van der Waals surface area contributed by atoms with Gasteiger partial charge in [0.25, 0.3) is 0 Å². The van der Waals surface area contributed by atoms with E-state index < -0.39 is 23.8 Å². The fraction of sp³-hybridized carbons (Fsp3) is 0.650. The van der Waals surface area contributed by atoms with E-state index in [-0.39, 0.29) is 18.6 Å². The Morgan fingerprint density at radius 1 is 1.26 bits per heavy atom. The number of esters is 1. The fourth-order valence-electron chi connectivity index (χ4n) is 2.76. The summed E-state index contributed by atoms with van der Waals surface area (Å²) in [6.45, 7) is 10.6. The first-order valence-corrected chi connectivity index (χ1v) is 9.14. The first-order chi connectivity index (χ1) is 12.4. The Balaban J connectivity index is 3.09. The minimum atomic E-state index is -0.633. The topological polar surface area (TPSA) is 89.0 Å². The second-order valence-electron chi connectivity index (χ2n) is 7.95. The number of hydrogen-bond acceptors (Lipinski definition) is 6. The molecule has 0 bridgehead atoms. The molecule has 1 aromatic rings. The lowest BCUT2D eigenvalue weighted by Crippen LogP contribution is -2.44. The number of amides is 1. The van der Waals surface area contributed by atoms with Crippen LogP contribution in [0.15, 0.2) is 18.2 Å². The SMILES string of the molecule is CC(=O)O[C@H](C[C@H](C(C)C)N(C)C(=O)OC(C)(C)C)c1cccc(CO)n1. The monoisotopic (exact) mass is 380 g/mol. The Morgan fingerprint density at radius 3 is 2.37 bits per heavy atom. The second-order valence-corrected chi connectivity index (χ2v) is 7.95. The molecule has 0 aliphatic heterocycles. The van der Waals surface area contributed by atoms with Crippen molar-refractivity contribution < 1.29 is 24.2 Å². The van der Waals surface area contributed by atoms with E-state index in [1.165, 1.54) is 6.92 Å². The van der Waals surface area contributed by atoms with Crippen LogP contribution in [-0.4, -0.2) is 45.7 Å². The van der Waals surface area contributed by atoms with Gasteiger partial charge in [-0.2, -0.15) is 0 Å². The molecule has 0 spiro atoms. The van der Waals surface area contributed by atoms with Crippen molar-refractivity contribution in [2.75, 3.05) is 7.05 Å². The summed E-state index contributed by atoms with van der Waals surface area (Å²) in [7, 11) is 1.68. The van der Waals surface area contributed by atoms with E-state index in [4.69, 9.17) is 9.47 Å². The van der Waals surface area contributed by atoms with E-state index in [1.54, 1.807) is 30.1 Å². The molecule has 2 atom stereocenters. The zero-order chi connectivity index (χ0) is 20.8. The third-order valence-corrected chi connectivity index (χ3v) is 4.03. The molecule has 1 heterocycles. The number of pyridine rings is 1. The number of carbonyl (C=O) groups is 2. The van der Waals surface area contributed by atoms with Crippen LogP contribution in [-0.2, 0) is 20.9 Å². The Kier molecular flexibility index (Phi) is 8.21. The van der Waals surface area contributed by atoms with E-state index in [9.17, 15) is 14.7 Å². The molecule has 0 aliphatic carbocycles. The average molecular weight is 380 g/mol. The number of rotatable bonds is 7. The van der Waals surface area contributed by atoms with Crippen molar-refractivity contribution in [1.29, 1.82) is 0 Å². The Labute approximate surface area is 161 Å². The fourth-order valence-corrected chi connectivity index (χ4v) is 2.76. The van der Waals surface area contributed by atoms with Gasteiger partial charge in [0.2, 0.25) is 0 Å². The third kappa shape index (κ3) is 7.54. The number of aliphatic hydroxyl groups excluding tert-OH is 1. The molecule has 1 N–H and O–H groups in total. The summed E-state index contributed by atoms with van der Waals surface area (Å²) in [6, 6.07) is 4.97. The van der Waals surface area contributed by atoms with E-state index in [2.05, 4.69) is 4.98 Å². The van der Waals surface area contributed by atoms with E-state index >= 15 is 0 Å². The summed E-state index contributed by atoms with van der Waals surface area (Å²) in [5.41, 5.74) is 0.436. The molecule has 7 heteroatoms. The maximum absolute atomic E-state index is 12.5. The van der Waals surface area contributed by atoms with Crippen molar-refractivity contribution in [3.05, 3.63) is 29.6 Å². The molecule has 0 unspecified atom stereocenters. The number of aromatic nitrogens is 1. The summed E-state index contributed by atoms with van der Waals surface area (Å²) < 4.78 is 11.0. The molecule has 0 aliphatic rings. The van der Waals surface area contributed by atoms with Crippen LogP contribution in [0.25, 0.3) is 0 Å². The van der Waals surface area contributed by atoms with Crippen molar-refractivity contribution in [3.63, 3.8) is 0 Å². The van der Waals surface area contributed by atoms with Gasteiger partial charge in [0.05, 0.1) is 18.0 Å². The van der Waals surface area contributed by atoms with Gasteiger partial charge in [-0.25, -0.2) is 4.79 Å². The summed E-state index contributed by atoms with van der Waals surface area (Å²) >= 11 is 0. The quantitative estimate of drug-likeness (QED) is 0.729. The van der Waals surface area contributed by atoms with E-state index in [1.807, 2.05) is 34.6 Å². The molecule has 0 fully saturated rings. The Hall–Kier alpha value is -2.15. The third-order valence-electron chi connectivity index (χ3n) is 4.03. The normalized spacial score (nSPS) is 13.8. The van der Waals surface area contributed by atoms with Crippen molar-refractivity contribution in [3.8, 4) is 0 Å². The lowest BCUT2D eigenvalue weighted by molar-refractivity contribution is -0.148. The van der Waals surface area contributed by atoms with Crippen LogP contribution >= 0.6 is 0 Å².